The largest absolute Gasteiger partial charge is 0.422 e. The summed E-state index contributed by atoms with van der Waals surface area (Å²) in [6.45, 7) is 1.39. The molecule has 0 saturated heterocycles. The molecule has 1 heterocycles. The van der Waals surface area contributed by atoms with Gasteiger partial charge in [0.1, 0.15) is 5.75 Å². The first-order valence-electron chi connectivity index (χ1n) is 7.12. The Bertz CT molecular complexity index is 977. The highest BCUT2D eigenvalue weighted by Gasteiger charge is 2.17. The molecule has 7 nitrogen and oxygen atoms in total. The molecular formula is C17H13N3O4. The van der Waals surface area contributed by atoms with E-state index in [2.05, 4.69) is 15.5 Å². The Kier molecular flexibility index (Phi) is 4.07. The van der Waals surface area contributed by atoms with Crippen molar-refractivity contribution in [3.05, 3.63) is 64.4 Å². The van der Waals surface area contributed by atoms with Crippen LogP contribution in [0.5, 0.6) is 5.75 Å². The molecule has 1 aromatic heterocycles. The summed E-state index contributed by atoms with van der Waals surface area (Å²) in [5, 5.41) is 9.41. The lowest BCUT2D eigenvalue weighted by Gasteiger charge is -2.06. The second kappa shape index (κ2) is 6.33. The number of nitrogens with zero attached hydrogens (tertiary/aromatic N) is 1. The molecule has 2 aromatic carbocycles. The van der Waals surface area contributed by atoms with Crippen molar-refractivity contribution in [1.82, 2.24) is 10.2 Å². The maximum absolute atomic E-state index is 12.3. The number of nitrogens with one attached hydrogen (secondary N) is 2. The minimum Gasteiger partial charge on any atom is -0.422 e. The molecule has 0 aliphatic rings. The number of esters is 1. The van der Waals surface area contributed by atoms with Crippen LogP contribution < -0.4 is 15.5 Å². The summed E-state index contributed by atoms with van der Waals surface area (Å²) < 4.78 is 5.16. The van der Waals surface area contributed by atoms with Crippen LogP contribution >= 0.6 is 0 Å². The van der Waals surface area contributed by atoms with Gasteiger partial charge >= 0.3 is 5.97 Å². The molecule has 0 bridgehead atoms. The standard InChI is InChI=1S/C17H13N3O4/c1-10(21)18-11-6-8-12(9-7-11)24-17(23)15-16(22)13-4-2-3-5-14(13)19-20-15/h2-9H,1H3,(H,18,21)(H,19,22). The fraction of sp³-hybridized carbons (Fsp3) is 0.0588. The fourth-order valence-electron chi connectivity index (χ4n) is 2.18. The quantitative estimate of drug-likeness (QED) is 0.568. The molecule has 2 N–H and O–H groups in total. The number of fused-ring (bicyclic) bond motifs is 1. The second-order valence-corrected chi connectivity index (χ2v) is 5.04. The molecule has 0 spiro atoms. The minimum atomic E-state index is -0.853. The lowest BCUT2D eigenvalue weighted by molar-refractivity contribution is -0.114. The molecule has 0 aliphatic heterocycles. The summed E-state index contributed by atoms with van der Waals surface area (Å²) in [4.78, 5) is 35.4. The Morgan fingerprint density at radius 2 is 1.79 bits per heavy atom. The number of carbonyl (C=O) groups excluding carboxylic acids is 2. The van der Waals surface area contributed by atoms with Crippen molar-refractivity contribution in [2.24, 2.45) is 0 Å². The van der Waals surface area contributed by atoms with Crippen LogP contribution in [0.2, 0.25) is 0 Å². The van der Waals surface area contributed by atoms with Crippen molar-refractivity contribution in [1.29, 1.82) is 0 Å². The topological polar surface area (TPSA) is 101 Å². The van der Waals surface area contributed by atoms with Gasteiger partial charge in [-0.2, -0.15) is 5.10 Å². The SMILES string of the molecule is CC(=O)Nc1ccc(OC(=O)c2n[nH]c3ccccc3c2=O)cc1. The number of aromatic amines is 1. The summed E-state index contributed by atoms with van der Waals surface area (Å²) in [6.07, 6.45) is 0. The molecule has 0 aliphatic carbocycles. The van der Waals surface area contributed by atoms with Gasteiger partial charge in [-0.1, -0.05) is 12.1 Å². The molecule has 0 radical (unpaired) electrons. The van der Waals surface area contributed by atoms with E-state index in [4.69, 9.17) is 4.74 Å². The van der Waals surface area contributed by atoms with Crippen LogP contribution in [0.4, 0.5) is 5.69 Å². The predicted molar refractivity (Wildman–Crippen MR) is 88.1 cm³/mol. The maximum atomic E-state index is 12.3. The number of amides is 1. The van der Waals surface area contributed by atoms with Gasteiger partial charge in [0.25, 0.3) is 0 Å². The lowest BCUT2D eigenvalue weighted by atomic mass is 10.2. The molecule has 3 rings (SSSR count). The van der Waals surface area contributed by atoms with Crippen LogP contribution in [0.3, 0.4) is 0 Å². The van der Waals surface area contributed by atoms with Crippen molar-refractivity contribution in [2.75, 3.05) is 5.32 Å². The zero-order valence-corrected chi connectivity index (χ0v) is 12.7. The van der Waals surface area contributed by atoms with Crippen LogP contribution in [-0.2, 0) is 4.79 Å². The molecule has 0 saturated carbocycles. The normalized spacial score (nSPS) is 10.4. The van der Waals surface area contributed by atoms with Gasteiger partial charge in [-0.05, 0) is 36.4 Å². The van der Waals surface area contributed by atoms with Gasteiger partial charge in [0.05, 0.1) is 5.52 Å². The first-order chi connectivity index (χ1) is 11.5. The van der Waals surface area contributed by atoms with Gasteiger partial charge in [0, 0.05) is 18.0 Å². The van der Waals surface area contributed by atoms with Crippen LogP contribution in [0, 0.1) is 0 Å². The summed E-state index contributed by atoms with van der Waals surface area (Å²) in [5.41, 5.74) is 0.298. The van der Waals surface area contributed by atoms with Crippen LogP contribution in [0.1, 0.15) is 17.4 Å². The summed E-state index contributed by atoms with van der Waals surface area (Å²) in [6, 6.07) is 13.0. The summed E-state index contributed by atoms with van der Waals surface area (Å²) >= 11 is 0. The number of hydrogen-bond donors (Lipinski definition) is 2. The molecule has 1 amide bonds. The van der Waals surface area contributed by atoms with E-state index < -0.39 is 11.4 Å². The number of para-hydroxylation sites is 1. The van der Waals surface area contributed by atoms with Crippen LogP contribution in [0.15, 0.2) is 53.3 Å². The average Bonchev–Trinajstić information content (AvgIpc) is 2.56. The van der Waals surface area contributed by atoms with Gasteiger partial charge in [0.15, 0.2) is 0 Å². The summed E-state index contributed by atoms with van der Waals surface area (Å²) in [7, 11) is 0. The summed E-state index contributed by atoms with van der Waals surface area (Å²) in [5.74, 6) is -0.815. The average molecular weight is 323 g/mol. The zero-order chi connectivity index (χ0) is 17.1. The third-order valence-corrected chi connectivity index (χ3v) is 3.25. The van der Waals surface area contributed by atoms with E-state index in [0.29, 0.717) is 16.6 Å². The van der Waals surface area contributed by atoms with E-state index in [1.165, 1.54) is 19.1 Å². The number of hydrogen-bond acceptors (Lipinski definition) is 5. The maximum Gasteiger partial charge on any atom is 0.368 e. The van der Waals surface area contributed by atoms with Gasteiger partial charge in [0.2, 0.25) is 17.0 Å². The third kappa shape index (κ3) is 3.14. The second-order valence-electron chi connectivity index (χ2n) is 5.04. The number of aromatic nitrogens is 2. The van der Waals surface area contributed by atoms with Crippen molar-refractivity contribution in [3.8, 4) is 5.75 Å². The third-order valence-electron chi connectivity index (χ3n) is 3.25. The fourth-order valence-corrected chi connectivity index (χ4v) is 2.18. The van der Waals surface area contributed by atoms with E-state index >= 15 is 0 Å². The molecular weight excluding hydrogens is 310 g/mol. The number of rotatable bonds is 3. The Morgan fingerprint density at radius 1 is 1.08 bits per heavy atom. The van der Waals surface area contributed by atoms with E-state index in [9.17, 15) is 14.4 Å². The Hall–Kier alpha value is -3.48. The molecule has 3 aromatic rings. The van der Waals surface area contributed by atoms with Crippen molar-refractivity contribution < 1.29 is 14.3 Å². The van der Waals surface area contributed by atoms with Gasteiger partial charge in [-0.25, -0.2) is 4.79 Å². The molecule has 0 atom stereocenters. The van der Waals surface area contributed by atoms with Crippen LogP contribution in [0.25, 0.3) is 10.9 Å². The molecule has 0 unspecified atom stereocenters. The highest BCUT2D eigenvalue weighted by atomic mass is 16.5. The van der Waals surface area contributed by atoms with Crippen molar-refractivity contribution in [2.45, 2.75) is 6.92 Å². The molecule has 120 valence electrons. The molecule has 7 heteroatoms. The Balaban J connectivity index is 1.84. The lowest BCUT2D eigenvalue weighted by Crippen LogP contribution is -2.22. The molecule has 0 fully saturated rings. The van der Waals surface area contributed by atoms with Gasteiger partial charge < -0.3 is 10.1 Å². The van der Waals surface area contributed by atoms with Gasteiger partial charge in [-0.3, -0.25) is 14.7 Å². The van der Waals surface area contributed by atoms with E-state index in [1.54, 1.807) is 36.4 Å². The number of benzene rings is 2. The monoisotopic (exact) mass is 323 g/mol. The number of ether oxygens (including phenoxy) is 1. The number of H-pyrrole nitrogens is 1. The Labute approximate surface area is 136 Å². The van der Waals surface area contributed by atoms with Crippen molar-refractivity contribution in [3.63, 3.8) is 0 Å². The zero-order valence-electron chi connectivity index (χ0n) is 12.7. The smallest absolute Gasteiger partial charge is 0.368 e. The van der Waals surface area contributed by atoms with E-state index in [-0.39, 0.29) is 17.4 Å². The number of carbonyl (C=O) groups is 2. The van der Waals surface area contributed by atoms with E-state index in [1.807, 2.05) is 0 Å². The first-order valence-corrected chi connectivity index (χ1v) is 7.12. The van der Waals surface area contributed by atoms with E-state index in [0.717, 1.165) is 0 Å². The Morgan fingerprint density at radius 3 is 2.50 bits per heavy atom. The molecule has 24 heavy (non-hydrogen) atoms. The highest BCUT2D eigenvalue weighted by molar-refractivity contribution is 5.93. The number of anilines is 1. The van der Waals surface area contributed by atoms with Gasteiger partial charge in [-0.15, -0.1) is 0 Å². The van der Waals surface area contributed by atoms with Crippen molar-refractivity contribution >= 4 is 28.5 Å². The highest BCUT2D eigenvalue weighted by Crippen LogP contribution is 2.16. The first kappa shape index (κ1) is 15.4. The minimum absolute atomic E-state index is 0.202. The van der Waals surface area contributed by atoms with Crippen LogP contribution in [-0.4, -0.2) is 22.1 Å². The predicted octanol–water partition coefficient (Wildman–Crippen LogP) is 2.10.